The number of carbonyl (C=O) groups excluding carboxylic acids is 1. The van der Waals surface area contributed by atoms with Crippen LogP contribution in [0.3, 0.4) is 0 Å². The molecule has 3 rings (SSSR count). The van der Waals surface area contributed by atoms with Gasteiger partial charge in [-0.3, -0.25) is 4.79 Å². The molecule has 2 N–H and O–H groups in total. The van der Waals surface area contributed by atoms with Crippen LogP contribution in [-0.4, -0.2) is 27.4 Å². The Hall–Kier alpha value is -2.12. The van der Waals surface area contributed by atoms with Crippen molar-refractivity contribution in [2.24, 2.45) is 0 Å². The summed E-state index contributed by atoms with van der Waals surface area (Å²) < 4.78 is 6.22. The Kier molecular flexibility index (Phi) is 4.00. The van der Waals surface area contributed by atoms with Crippen LogP contribution in [0.2, 0.25) is 0 Å². The van der Waals surface area contributed by atoms with Gasteiger partial charge in [-0.15, -0.1) is 0 Å². The summed E-state index contributed by atoms with van der Waals surface area (Å²) in [6, 6.07) is 6.56. The van der Waals surface area contributed by atoms with E-state index in [1.165, 1.54) is 17.8 Å². The number of rotatable bonds is 3. The van der Waals surface area contributed by atoms with Gasteiger partial charge in [-0.1, -0.05) is 36.1 Å². The maximum absolute atomic E-state index is 11.6. The highest BCUT2D eigenvalue weighted by Gasteiger charge is 2.26. The van der Waals surface area contributed by atoms with Crippen molar-refractivity contribution in [3.63, 3.8) is 0 Å². The monoisotopic (exact) mass is 333 g/mol. The molecule has 7 heteroatoms. The summed E-state index contributed by atoms with van der Waals surface area (Å²) in [7, 11) is 0. The smallest absolute Gasteiger partial charge is 0.335 e. The number of nitrogens with one attached hydrogen (secondary N) is 1. The third kappa shape index (κ3) is 3.05. The van der Waals surface area contributed by atoms with Gasteiger partial charge in [0.2, 0.25) is 0 Å². The number of thiocarbonyl (C=S) groups is 1. The molecule has 0 radical (unpaired) electrons. The molecule has 1 aromatic carbocycles. The van der Waals surface area contributed by atoms with Crippen LogP contribution in [0.5, 0.6) is 0 Å². The zero-order chi connectivity index (χ0) is 15.7. The number of benzene rings is 1. The molecule has 0 bridgehead atoms. The third-order valence-electron chi connectivity index (χ3n) is 3.19. The number of amides is 1. The molecule has 1 aromatic rings. The van der Waals surface area contributed by atoms with Gasteiger partial charge < -0.3 is 15.2 Å². The Balaban J connectivity index is 1.73. The highest BCUT2D eigenvalue weighted by molar-refractivity contribution is 8.26. The molecule has 0 aliphatic carbocycles. The average Bonchev–Trinajstić information content (AvgIpc) is 3.06. The SMILES string of the molecule is O=C1NC(=S)S/C1=C\C1CC=C(c2cccc(C(=O)O)c2)O1. The van der Waals surface area contributed by atoms with Gasteiger partial charge in [-0.25, -0.2) is 4.79 Å². The van der Waals surface area contributed by atoms with Gasteiger partial charge in [-0.2, -0.15) is 0 Å². The standard InChI is InChI=1S/C15H11NO4S2/c17-13-12(22-15(21)16-13)7-10-4-5-11(20-10)8-2-1-3-9(6-8)14(18)19/h1-3,5-7,10H,4H2,(H,18,19)(H,16,17,21)/b12-7-. The minimum absolute atomic E-state index is 0.208. The van der Waals surface area contributed by atoms with Crippen molar-refractivity contribution >= 4 is 45.9 Å². The summed E-state index contributed by atoms with van der Waals surface area (Å²) in [6.07, 6.45) is 4.00. The molecule has 1 atom stereocenters. The molecule has 1 saturated heterocycles. The first-order chi connectivity index (χ1) is 10.5. The lowest BCUT2D eigenvalue weighted by molar-refractivity contribution is -0.115. The first-order valence-corrected chi connectivity index (χ1v) is 7.71. The fourth-order valence-electron chi connectivity index (χ4n) is 2.18. The van der Waals surface area contributed by atoms with E-state index in [1.54, 1.807) is 24.3 Å². The van der Waals surface area contributed by atoms with Gasteiger partial charge in [-0.05, 0) is 24.3 Å². The van der Waals surface area contributed by atoms with Crippen molar-refractivity contribution in [1.82, 2.24) is 5.32 Å². The number of carboxylic acid groups (broad SMARTS) is 1. The fraction of sp³-hybridized carbons (Fsp3) is 0.133. The molecule has 2 aliphatic heterocycles. The van der Waals surface area contributed by atoms with Gasteiger partial charge in [0.15, 0.2) is 0 Å². The number of aromatic carboxylic acids is 1. The molecule has 1 unspecified atom stereocenters. The van der Waals surface area contributed by atoms with E-state index in [9.17, 15) is 9.59 Å². The van der Waals surface area contributed by atoms with Crippen LogP contribution < -0.4 is 5.32 Å². The van der Waals surface area contributed by atoms with Crippen molar-refractivity contribution < 1.29 is 19.4 Å². The Morgan fingerprint density at radius 3 is 3.00 bits per heavy atom. The Morgan fingerprint density at radius 1 is 1.50 bits per heavy atom. The summed E-state index contributed by atoms with van der Waals surface area (Å²) in [5.41, 5.74) is 0.916. The predicted molar refractivity (Wildman–Crippen MR) is 87.3 cm³/mol. The minimum atomic E-state index is -0.980. The van der Waals surface area contributed by atoms with Crippen LogP contribution in [0.25, 0.3) is 5.76 Å². The van der Waals surface area contributed by atoms with E-state index in [1.807, 2.05) is 6.08 Å². The summed E-state index contributed by atoms with van der Waals surface area (Å²) in [5, 5.41) is 11.6. The van der Waals surface area contributed by atoms with E-state index in [4.69, 9.17) is 22.1 Å². The Bertz CT molecular complexity index is 739. The van der Waals surface area contributed by atoms with Crippen LogP contribution >= 0.6 is 24.0 Å². The normalized spacial score (nSPS) is 22.5. The molecule has 0 spiro atoms. The summed E-state index contributed by atoms with van der Waals surface area (Å²) >= 11 is 6.15. The molecule has 5 nitrogen and oxygen atoms in total. The lowest BCUT2D eigenvalue weighted by Crippen LogP contribution is -2.18. The van der Waals surface area contributed by atoms with Gasteiger partial charge in [0.1, 0.15) is 16.2 Å². The maximum atomic E-state index is 11.6. The molecule has 1 amide bonds. The Morgan fingerprint density at radius 2 is 2.32 bits per heavy atom. The predicted octanol–water partition coefficient (Wildman–Crippen LogP) is 2.55. The Labute approximate surface area is 136 Å². The van der Waals surface area contributed by atoms with E-state index in [0.29, 0.717) is 27.0 Å². The number of thioether (sulfide) groups is 1. The summed E-state index contributed by atoms with van der Waals surface area (Å²) in [6.45, 7) is 0. The highest BCUT2D eigenvalue weighted by Crippen LogP contribution is 2.31. The maximum Gasteiger partial charge on any atom is 0.335 e. The van der Waals surface area contributed by atoms with E-state index in [-0.39, 0.29) is 17.6 Å². The van der Waals surface area contributed by atoms with Gasteiger partial charge in [0.05, 0.1) is 10.5 Å². The van der Waals surface area contributed by atoms with Gasteiger partial charge in [0.25, 0.3) is 5.91 Å². The number of hydrogen-bond donors (Lipinski definition) is 2. The topological polar surface area (TPSA) is 75.6 Å². The molecular formula is C15H11NO4S2. The van der Waals surface area contributed by atoms with Crippen molar-refractivity contribution in [2.45, 2.75) is 12.5 Å². The van der Waals surface area contributed by atoms with Gasteiger partial charge in [0, 0.05) is 12.0 Å². The lowest BCUT2D eigenvalue weighted by atomic mass is 10.1. The molecule has 0 saturated carbocycles. The van der Waals surface area contributed by atoms with Crippen molar-refractivity contribution in [2.75, 3.05) is 0 Å². The second-order valence-electron chi connectivity index (χ2n) is 4.72. The number of carboxylic acids is 1. The van der Waals surface area contributed by atoms with E-state index in [0.717, 1.165) is 0 Å². The summed E-state index contributed by atoms with van der Waals surface area (Å²) in [5.74, 6) is -0.567. The largest absolute Gasteiger partial charge is 0.486 e. The van der Waals surface area contributed by atoms with Crippen LogP contribution in [-0.2, 0) is 9.53 Å². The first kappa shape index (κ1) is 14.8. The zero-order valence-corrected chi connectivity index (χ0v) is 12.9. The number of hydrogen-bond acceptors (Lipinski definition) is 5. The first-order valence-electron chi connectivity index (χ1n) is 6.48. The third-order valence-corrected chi connectivity index (χ3v) is 4.37. The lowest BCUT2D eigenvalue weighted by Gasteiger charge is -2.10. The fourth-order valence-corrected chi connectivity index (χ4v) is 3.25. The molecular weight excluding hydrogens is 322 g/mol. The van der Waals surface area contributed by atoms with Crippen molar-refractivity contribution in [3.8, 4) is 0 Å². The van der Waals surface area contributed by atoms with Gasteiger partial charge >= 0.3 is 5.97 Å². The quantitative estimate of drug-likeness (QED) is 0.654. The van der Waals surface area contributed by atoms with Crippen LogP contribution in [0, 0.1) is 0 Å². The zero-order valence-electron chi connectivity index (χ0n) is 11.2. The molecule has 2 heterocycles. The highest BCUT2D eigenvalue weighted by atomic mass is 32.2. The molecule has 1 fully saturated rings. The second-order valence-corrected chi connectivity index (χ2v) is 6.44. The summed E-state index contributed by atoms with van der Waals surface area (Å²) in [4.78, 5) is 23.1. The molecule has 22 heavy (non-hydrogen) atoms. The van der Waals surface area contributed by atoms with Crippen LogP contribution in [0.15, 0.2) is 41.3 Å². The van der Waals surface area contributed by atoms with E-state index in [2.05, 4.69) is 5.32 Å². The minimum Gasteiger partial charge on any atom is -0.486 e. The molecule has 0 aromatic heterocycles. The van der Waals surface area contributed by atoms with Crippen LogP contribution in [0.4, 0.5) is 0 Å². The molecule has 112 valence electrons. The number of carbonyl (C=O) groups is 2. The van der Waals surface area contributed by atoms with E-state index < -0.39 is 5.97 Å². The van der Waals surface area contributed by atoms with Crippen molar-refractivity contribution in [3.05, 3.63) is 52.4 Å². The van der Waals surface area contributed by atoms with Crippen molar-refractivity contribution in [1.29, 1.82) is 0 Å². The average molecular weight is 333 g/mol. The molecule has 2 aliphatic rings. The van der Waals surface area contributed by atoms with Crippen LogP contribution in [0.1, 0.15) is 22.3 Å². The number of ether oxygens (including phenoxy) is 1. The second kappa shape index (κ2) is 5.94. The van der Waals surface area contributed by atoms with E-state index >= 15 is 0 Å².